The molecule has 2 N–H and O–H groups in total. The Morgan fingerprint density at radius 2 is 1.93 bits per heavy atom. The summed E-state index contributed by atoms with van der Waals surface area (Å²) in [5, 5.41) is 13.9. The molecule has 4 rings (SSSR count). The Bertz CT molecular complexity index is 1070. The standard InChI is InChI=1S/C21H19ClN2O3S/c1-12-20(28-15-9-7-14(22)8-10-15)19-16(23-21(27)13-5-6-13)3-2-4-17(19)24(12)11-18(25)26/h2-4,7-10,13H,5-6,11H2,1H3,(H,23,27)(H,25,26). The largest absolute Gasteiger partial charge is 0.480 e. The van der Waals surface area contributed by atoms with Crippen molar-refractivity contribution in [2.75, 3.05) is 5.32 Å². The van der Waals surface area contributed by atoms with Crippen molar-refractivity contribution in [3.8, 4) is 0 Å². The quantitative estimate of drug-likeness (QED) is 0.582. The highest BCUT2D eigenvalue weighted by Crippen LogP contribution is 2.42. The maximum absolute atomic E-state index is 12.4. The molecule has 2 aromatic carbocycles. The van der Waals surface area contributed by atoms with Gasteiger partial charge in [-0.15, -0.1) is 0 Å². The highest BCUT2D eigenvalue weighted by atomic mass is 35.5. The summed E-state index contributed by atoms with van der Waals surface area (Å²) >= 11 is 7.54. The normalized spacial score (nSPS) is 13.6. The lowest BCUT2D eigenvalue weighted by molar-refractivity contribution is -0.137. The molecule has 1 heterocycles. The van der Waals surface area contributed by atoms with Gasteiger partial charge in [0.05, 0.1) is 11.2 Å². The number of carbonyl (C=O) groups is 2. The summed E-state index contributed by atoms with van der Waals surface area (Å²) in [5.41, 5.74) is 2.37. The van der Waals surface area contributed by atoms with Crippen molar-refractivity contribution in [1.82, 2.24) is 4.57 Å². The fourth-order valence-corrected chi connectivity index (χ4v) is 4.47. The number of aromatic nitrogens is 1. The molecule has 1 aliphatic carbocycles. The van der Waals surface area contributed by atoms with Crippen LogP contribution in [-0.4, -0.2) is 21.6 Å². The summed E-state index contributed by atoms with van der Waals surface area (Å²) in [6, 6.07) is 13.1. The van der Waals surface area contributed by atoms with E-state index in [2.05, 4.69) is 5.32 Å². The Labute approximate surface area is 171 Å². The van der Waals surface area contributed by atoms with Crippen LogP contribution < -0.4 is 5.32 Å². The van der Waals surface area contributed by atoms with E-state index in [0.29, 0.717) is 5.02 Å². The molecule has 7 heteroatoms. The molecule has 0 saturated heterocycles. The van der Waals surface area contributed by atoms with Crippen LogP contribution in [0.25, 0.3) is 10.9 Å². The van der Waals surface area contributed by atoms with E-state index < -0.39 is 5.97 Å². The van der Waals surface area contributed by atoms with E-state index in [9.17, 15) is 14.7 Å². The number of amides is 1. The van der Waals surface area contributed by atoms with Crippen LogP contribution in [0.3, 0.4) is 0 Å². The molecule has 144 valence electrons. The molecule has 1 saturated carbocycles. The number of anilines is 1. The van der Waals surface area contributed by atoms with Crippen molar-refractivity contribution in [3.63, 3.8) is 0 Å². The fourth-order valence-electron chi connectivity index (χ4n) is 3.26. The van der Waals surface area contributed by atoms with E-state index in [1.807, 2.05) is 49.4 Å². The number of carbonyl (C=O) groups excluding carboxylic acids is 1. The zero-order valence-corrected chi connectivity index (χ0v) is 16.8. The topological polar surface area (TPSA) is 71.3 Å². The highest BCUT2D eigenvalue weighted by molar-refractivity contribution is 7.99. The lowest BCUT2D eigenvalue weighted by atomic mass is 10.2. The zero-order chi connectivity index (χ0) is 19.8. The number of rotatable bonds is 6. The van der Waals surface area contributed by atoms with Crippen molar-refractivity contribution in [3.05, 3.63) is 53.2 Å². The molecule has 0 spiro atoms. The average molecular weight is 415 g/mol. The van der Waals surface area contributed by atoms with Gasteiger partial charge in [-0.2, -0.15) is 0 Å². The van der Waals surface area contributed by atoms with Crippen molar-refractivity contribution in [2.45, 2.75) is 36.1 Å². The second-order valence-corrected chi connectivity index (χ2v) is 8.43. The van der Waals surface area contributed by atoms with Gasteiger partial charge in [0.2, 0.25) is 5.91 Å². The molecule has 1 fully saturated rings. The Morgan fingerprint density at radius 1 is 1.21 bits per heavy atom. The van der Waals surface area contributed by atoms with Crippen LogP contribution in [0.2, 0.25) is 5.02 Å². The minimum Gasteiger partial charge on any atom is -0.480 e. The molecule has 28 heavy (non-hydrogen) atoms. The number of fused-ring (bicyclic) bond motifs is 1. The summed E-state index contributed by atoms with van der Waals surface area (Å²) in [7, 11) is 0. The number of benzene rings is 2. The van der Waals surface area contributed by atoms with Gasteiger partial charge in [-0.1, -0.05) is 29.4 Å². The van der Waals surface area contributed by atoms with Crippen molar-refractivity contribution < 1.29 is 14.7 Å². The predicted octanol–water partition coefficient (Wildman–Crippen LogP) is 5.19. The molecular weight excluding hydrogens is 396 g/mol. The van der Waals surface area contributed by atoms with Gasteiger partial charge in [-0.25, -0.2) is 0 Å². The lowest BCUT2D eigenvalue weighted by Crippen LogP contribution is -2.13. The molecule has 0 bridgehead atoms. The van der Waals surface area contributed by atoms with Crippen LogP contribution in [0.1, 0.15) is 18.5 Å². The molecule has 3 aromatic rings. The smallest absolute Gasteiger partial charge is 0.323 e. The van der Waals surface area contributed by atoms with Gasteiger partial charge >= 0.3 is 5.97 Å². The molecule has 0 atom stereocenters. The maximum Gasteiger partial charge on any atom is 0.323 e. The van der Waals surface area contributed by atoms with Gasteiger partial charge in [-0.3, -0.25) is 9.59 Å². The molecule has 0 radical (unpaired) electrons. The van der Waals surface area contributed by atoms with Crippen LogP contribution >= 0.6 is 23.4 Å². The van der Waals surface area contributed by atoms with Crippen LogP contribution in [0, 0.1) is 12.8 Å². The van der Waals surface area contributed by atoms with Crippen molar-refractivity contribution in [1.29, 1.82) is 0 Å². The van der Waals surface area contributed by atoms with E-state index in [-0.39, 0.29) is 18.4 Å². The minimum absolute atomic E-state index is 0.0265. The van der Waals surface area contributed by atoms with Crippen LogP contribution in [0.5, 0.6) is 0 Å². The fraction of sp³-hybridized carbons (Fsp3) is 0.238. The first-order valence-electron chi connectivity index (χ1n) is 9.02. The Hall–Kier alpha value is -2.44. The predicted molar refractivity (Wildman–Crippen MR) is 111 cm³/mol. The number of carboxylic acid groups (broad SMARTS) is 1. The van der Waals surface area contributed by atoms with Gasteiger partial charge in [-0.05, 0) is 56.2 Å². The SMILES string of the molecule is Cc1c(Sc2ccc(Cl)cc2)c2c(NC(=O)C3CC3)cccc2n1CC(=O)O. The molecule has 0 aliphatic heterocycles. The van der Waals surface area contributed by atoms with Crippen molar-refractivity contribution in [2.24, 2.45) is 5.92 Å². The van der Waals surface area contributed by atoms with Gasteiger partial charge in [0.1, 0.15) is 6.54 Å². The monoisotopic (exact) mass is 414 g/mol. The van der Waals surface area contributed by atoms with E-state index in [1.165, 1.54) is 0 Å². The molecule has 1 amide bonds. The summed E-state index contributed by atoms with van der Waals surface area (Å²) in [6.07, 6.45) is 1.85. The first kappa shape index (κ1) is 18.9. The summed E-state index contributed by atoms with van der Waals surface area (Å²) < 4.78 is 1.78. The summed E-state index contributed by atoms with van der Waals surface area (Å²) in [6.45, 7) is 1.78. The van der Waals surface area contributed by atoms with E-state index in [0.717, 1.165) is 44.9 Å². The number of nitrogens with one attached hydrogen (secondary N) is 1. The zero-order valence-electron chi connectivity index (χ0n) is 15.2. The lowest BCUT2D eigenvalue weighted by Gasteiger charge is -2.09. The Morgan fingerprint density at radius 3 is 2.57 bits per heavy atom. The summed E-state index contributed by atoms with van der Waals surface area (Å²) in [5.74, 6) is -0.793. The highest BCUT2D eigenvalue weighted by Gasteiger charge is 2.30. The van der Waals surface area contributed by atoms with Crippen LogP contribution in [0.4, 0.5) is 5.69 Å². The third-order valence-corrected chi connectivity index (χ3v) is 6.29. The average Bonchev–Trinajstić information content (AvgIpc) is 3.47. The van der Waals surface area contributed by atoms with Gasteiger partial charge in [0, 0.05) is 31.8 Å². The second kappa shape index (κ2) is 7.53. The maximum atomic E-state index is 12.4. The van der Waals surface area contributed by atoms with Gasteiger partial charge in [0.15, 0.2) is 0 Å². The minimum atomic E-state index is -0.907. The third-order valence-electron chi connectivity index (χ3n) is 4.83. The summed E-state index contributed by atoms with van der Waals surface area (Å²) in [4.78, 5) is 25.7. The number of carboxylic acids is 1. The number of nitrogens with zero attached hydrogens (tertiary/aromatic N) is 1. The van der Waals surface area contributed by atoms with E-state index >= 15 is 0 Å². The Kier molecular flexibility index (Phi) is 5.08. The van der Waals surface area contributed by atoms with Crippen molar-refractivity contribution >= 4 is 51.8 Å². The first-order chi connectivity index (χ1) is 13.4. The van der Waals surface area contributed by atoms with Crippen LogP contribution in [0.15, 0.2) is 52.3 Å². The van der Waals surface area contributed by atoms with E-state index in [4.69, 9.17) is 11.6 Å². The molecule has 5 nitrogen and oxygen atoms in total. The number of hydrogen-bond donors (Lipinski definition) is 2. The molecule has 1 aliphatic rings. The molecular formula is C21H19ClN2O3S. The third kappa shape index (κ3) is 3.75. The molecule has 0 unspecified atom stereocenters. The number of hydrogen-bond acceptors (Lipinski definition) is 3. The Balaban J connectivity index is 1.84. The molecule has 1 aromatic heterocycles. The second-order valence-electron chi connectivity index (χ2n) is 6.91. The van der Waals surface area contributed by atoms with Gasteiger partial charge in [0.25, 0.3) is 0 Å². The number of aliphatic carboxylic acids is 1. The van der Waals surface area contributed by atoms with E-state index in [1.54, 1.807) is 16.3 Å². The number of halogens is 1. The first-order valence-corrected chi connectivity index (χ1v) is 10.2. The van der Waals surface area contributed by atoms with Crippen LogP contribution in [-0.2, 0) is 16.1 Å². The van der Waals surface area contributed by atoms with Gasteiger partial charge < -0.3 is 15.0 Å².